The van der Waals surface area contributed by atoms with Crippen molar-refractivity contribution in [2.24, 2.45) is 0 Å². The average Bonchev–Trinajstić information content (AvgIpc) is 2.30. The van der Waals surface area contributed by atoms with Crippen LogP contribution in [0.1, 0.15) is 16.9 Å². The molecule has 0 aromatic carbocycles. The smallest absolute Gasteiger partial charge is 0.270 e. The topological polar surface area (TPSA) is 51.2 Å². The number of amides is 1. The van der Waals surface area contributed by atoms with Gasteiger partial charge in [0.15, 0.2) is 0 Å². The molecule has 1 atom stereocenters. The third-order valence-electron chi connectivity index (χ3n) is 2.12. The number of ether oxygens (including phenoxy) is 1. The Labute approximate surface area is 114 Å². The maximum absolute atomic E-state index is 11.8. The first-order valence-electron chi connectivity index (χ1n) is 5.14. The predicted molar refractivity (Wildman–Crippen MR) is 70.8 cm³/mol. The summed E-state index contributed by atoms with van der Waals surface area (Å²) >= 11 is 9.04. The van der Waals surface area contributed by atoms with E-state index in [0.29, 0.717) is 17.3 Å². The van der Waals surface area contributed by atoms with Gasteiger partial charge in [-0.1, -0.05) is 27.5 Å². The van der Waals surface area contributed by atoms with Crippen molar-refractivity contribution in [3.05, 3.63) is 29.0 Å². The zero-order chi connectivity index (χ0) is 12.7. The number of rotatable bonds is 6. The van der Waals surface area contributed by atoms with E-state index in [1.807, 2.05) is 0 Å². The molecule has 4 nitrogen and oxygen atoms in total. The highest BCUT2D eigenvalue weighted by atomic mass is 79.9. The lowest BCUT2D eigenvalue weighted by Gasteiger charge is -2.16. The molecule has 0 saturated heterocycles. The van der Waals surface area contributed by atoms with Gasteiger partial charge in [-0.25, -0.2) is 4.98 Å². The monoisotopic (exact) mass is 320 g/mol. The minimum atomic E-state index is -0.218. The highest BCUT2D eigenvalue weighted by molar-refractivity contribution is 9.09. The van der Waals surface area contributed by atoms with Crippen LogP contribution in [-0.2, 0) is 4.74 Å². The summed E-state index contributed by atoms with van der Waals surface area (Å²) in [6.45, 7) is 0.477. The van der Waals surface area contributed by atoms with Gasteiger partial charge in [0, 0.05) is 18.6 Å². The van der Waals surface area contributed by atoms with Crippen molar-refractivity contribution in [1.29, 1.82) is 0 Å². The van der Waals surface area contributed by atoms with Crippen LogP contribution in [0.2, 0.25) is 5.02 Å². The Kier molecular flexibility index (Phi) is 6.47. The summed E-state index contributed by atoms with van der Waals surface area (Å²) in [5.41, 5.74) is 0.352. The van der Waals surface area contributed by atoms with Gasteiger partial charge in [-0.3, -0.25) is 4.79 Å². The summed E-state index contributed by atoms with van der Waals surface area (Å²) in [7, 11) is 1.61. The van der Waals surface area contributed by atoms with Gasteiger partial charge in [0.25, 0.3) is 5.91 Å². The molecule has 0 aliphatic rings. The Morgan fingerprint density at radius 1 is 1.65 bits per heavy atom. The second-order valence-corrected chi connectivity index (χ2v) is 4.69. The standard InChI is InChI=1S/C11H14BrClN2O2/c1-17-7-9(4-5-12)15-11(16)10-3-2-8(13)6-14-10/h2-3,6,9H,4-5,7H2,1H3,(H,15,16). The van der Waals surface area contributed by atoms with Crippen LogP contribution in [0.15, 0.2) is 18.3 Å². The van der Waals surface area contributed by atoms with E-state index in [-0.39, 0.29) is 11.9 Å². The highest BCUT2D eigenvalue weighted by Crippen LogP contribution is 2.06. The molecule has 17 heavy (non-hydrogen) atoms. The SMILES string of the molecule is COCC(CCBr)NC(=O)c1ccc(Cl)cn1. The van der Waals surface area contributed by atoms with E-state index in [1.165, 1.54) is 6.20 Å². The molecule has 0 aliphatic carbocycles. The second-order valence-electron chi connectivity index (χ2n) is 3.47. The van der Waals surface area contributed by atoms with Gasteiger partial charge in [-0.15, -0.1) is 0 Å². The first kappa shape index (κ1) is 14.4. The molecule has 0 aliphatic heterocycles. The molecule has 1 unspecified atom stereocenters. The third-order valence-corrected chi connectivity index (χ3v) is 2.80. The van der Waals surface area contributed by atoms with Crippen molar-refractivity contribution in [1.82, 2.24) is 10.3 Å². The fourth-order valence-electron chi connectivity index (χ4n) is 1.30. The molecule has 0 bridgehead atoms. The van der Waals surface area contributed by atoms with E-state index in [1.54, 1.807) is 19.2 Å². The van der Waals surface area contributed by atoms with E-state index in [2.05, 4.69) is 26.2 Å². The Morgan fingerprint density at radius 2 is 2.41 bits per heavy atom. The number of alkyl halides is 1. The summed E-state index contributed by atoms with van der Waals surface area (Å²) in [6, 6.07) is 3.21. The Bertz CT molecular complexity index is 353. The molecule has 1 aromatic heterocycles. The number of pyridine rings is 1. The number of nitrogens with zero attached hydrogens (tertiary/aromatic N) is 1. The Hall–Kier alpha value is -0.650. The molecule has 1 heterocycles. The number of halogens is 2. The second kappa shape index (κ2) is 7.63. The fraction of sp³-hybridized carbons (Fsp3) is 0.455. The molecular formula is C11H14BrClN2O2. The zero-order valence-electron chi connectivity index (χ0n) is 9.45. The van der Waals surface area contributed by atoms with Crippen LogP contribution in [-0.4, -0.2) is 36.0 Å². The van der Waals surface area contributed by atoms with Gasteiger partial charge < -0.3 is 10.1 Å². The van der Waals surface area contributed by atoms with E-state index in [4.69, 9.17) is 16.3 Å². The number of hydrogen-bond donors (Lipinski definition) is 1. The highest BCUT2D eigenvalue weighted by Gasteiger charge is 2.13. The zero-order valence-corrected chi connectivity index (χ0v) is 11.8. The van der Waals surface area contributed by atoms with Crippen molar-refractivity contribution in [2.75, 3.05) is 19.0 Å². The summed E-state index contributed by atoms with van der Waals surface area (Å²) in [4.78, 5) is 15.8. The van der Waals surface area contributed by atoms with Crippen LogP contribution in [0.3, 0.4) is 0 Å². The minimum Gasteiger partial charge on any atom is -0.383 e. The van der Waals surface area contributed by atoms with E-state index in [9.17, 15) is 4.79 Å². The van der Waals surface area contributed by atoms with E-state index >= 15 is 0 Å². The number of hydrogen-bond acceptors (Lipinski definition) is 3. The van der Waals surface area contributed by atoms with E-state index in [0.717, 1.165) is 11.8 Å². The largest absolute Gasteiger partial charge is 0.383 e. The van der Waals surface area contributed by atoms with Gasteiger partial charge >= 0.3 is 0 Å². The number of carbonyl (C=O) groups is 1. The van der Waals surface area contributed by atoms with Crippen LogP contribution < -0.4 is 5.32 Å². The van der Waals surface area contributed by atoms with Crippen LogP contribution in [0, 0.1) is 0 Å². The summed E-state index contributed by atoms with van der Waals surface area (Å²) in [5, 5.41) is 4.17. The molecule has 1 rings (SSSR count). The Morgan fingerprint density at radius 3 is 2.94 bits per heavy atom. The number of nitrogens with one attached hydrogen (secondary N) is 1. The van der Waals surface area contributed by atoms with Gasteiger partial charge in [0.05, 0.1) is 17.7 Å². The van der Waals surface area contributed by atoms with Gasteiger partial charge in [0.1, 0.15) is 5.69 Å². The first-order valence-corrected chi connectivity index (χ1v) is 6.64. The van der Waals surface area contributed by atoms with Crippen LogP contribution >= 0.6 is 27.5 Å². The van der Waals surface area contributed by atoms with Crippen LogP contribution in [0.5, 0.6) is 0 Å². The fourth-order valence-corrected chi connectivity index (χ4v) is 1.96. The van der Waals surface area contributed by atoms with Gasteiger partial charge in [-0.05, 0) is 18.6 Å². The third kappa shape index (κ3) is 5.02. The molecule has 0 fully saturated rings. The maximum Gasteiger partial charge on any atom is 0.270 e. The molecule has 1 aromatic rings. The lowest BCUT2D eigenvalue weighted by Crippen LogP contribution is -2.38. The molecule has 94 valence electrons. The Balaban J connectivity index is 2.60. The lowest BCUT2D eigenvalue weighted by molar-refractivity contribution is 0.0890. The van der Waals surface area contributed by atoms with Crippen molar-refractivity contribution in [3.8, 4) is 0 Å². The quantitative estimate of drug-likeness (QED) is 0.818. The number of methoxy groups -OCH3 is 1. The minimum absolute atomic E-state index is 0.0237. The summed E-state index contributed by atoms with van der Waals surface area (Å²) in [6.07, 6.45) is 2.25. The van der Waals surface area contributed by atoms with Gasteiger partial charge in [0.2, 0.25) is 0 Å². The van der Waals surface area contributed by atoms with Crippen molar-refractivity contribution < 1.29 is 9.53 Å². The number of aromatic nitrogens is 1. The van der Waals surface area contributed by atoms with Crippen molar-refractivity contribution >= 4 is 33.4 Å². The summed E-state index contributed by atoms with van der Waals surface area (Å²) < 4.78 is 5.04. The lowest BCUT2D eigenvalue weighted by atomic mass is 10.2. The van der Waals surface area contributed by atoms with Crippen LogP contribution in [0.4, 0.5) is 0 Å². The molecule has 6 heteroatoms. The van der Waals surface area contributed by atoms with Crippen molar-refractivity contribution in [3.63, 3.8) is 0 Å². The molecule has 1 N–H and O–H groups in total. The summed E-state index contributed by atoms with van der Waals surface area (Å²) in [5.74, 6) is -0.218. The first-order chi connectivity index (χ1) is 8.17. The van der Waals surface area contributed by atoms with Crippen molar-refractivity contribution in [2.45, 2.75) is 12.5 Å². The molecule has 0 radical (unpaired) electrons. The molecule has 0 spiro atoms. The van der Waals surface area contributed by atoms with Gasteiger partial charge in [-0.2, -0.15) is 0 Å². The van der Waals surface area contributed by atoms with E-state index < -0.39 is 0 Å². The predicted octanol–water partition coefficient (Wildman–Crippen LogP) is 2.26. The molecule has 0 saturated carbocycles. The normalized spacial score (nSPS) is 12.2. The number of carbonyl (C=O) groups excluding carboxylic acids is 1. The maximum atomic E-state index is 11.8. The average molecular weight is 322 g/mol. The van der Waals surface area contributed by atoms with Crippen LogP contribution in [0.25, 0.3) is 0 Å². The molecular weight excluding hydrogens is 307 g/mol. The molecule has 1 amide bonds.